The fourth-order valence-electron chi connectivity index (χ4n) is 1.93. The number of methoxy groups -OCH3 is 1. The van der Waals surface area contributed by atoms with Crippen LogP contribution in [0.25, 0.3) is 0 Å². The molecule has 0 unspecified atom stereocenters. The second kappa shape index (κ2) is 6.80. The van der Waals surface area contributed by atoms with Gasteiger partial charge < -0.3 is 10.1 Å². The molecule has 0 aromatic heterocycles. The van der Waals surface area contributed by atoms with E-state index in [9.17, 15) is 18.4 Å². The number of hydrogen-bond donors (Lipinski definition) is 1. The summed E-state index contributed by atoms with van der Waals surface area (Å²) in [6.45, 7) is 0. The Kier molecular flexibility index (Phi) is 4.83. The first-order valence-electron chi connectivity index (χ1n) is 6.42. The molecule has 0 spiro atoms. The van der Waals surface area contributed by atoms with Gasteiger partial charge in [-0.15, -0.1) is 0 Å². The minimum atomic E-state index is -1.27. The number of esters is 1. The van der Waals surface area contributed by atoms with E-state index in [1.165, 1.54) is 13.2 Å². The van der Waals surface area contributed by atoms with Crippen molar-refractivity contribution in [2.45, 2.75) is 6.04 Å². The van der Waals surface area contributed by atoms with E-state index in [1.54, 1.807) is 30.3 Å². The first-order valence-corrected chi connectivity index (χ1v) is 6.42. The highest BCUT2D eigenvalue weighted by molar-refractivity contribution is 5.97. The van der Waals surface area contributed by atoms with Gasteiger partial charge >= 0.3 is 5.97 Å². The Hall–Kier alpha value is -2.76. The lowest BCUT2D eigenvalue weighted by molar-refractivity contribution is -0.143. The summed E-state index contributed by atoms with van der Waals surface area (Å²) in [7, 11) is 1.17. The van der Waals surface area contributed by atoms with Crippen LogP contribution in [0.4, 0.5) is 8.78 Å². The van der Waals surface area contributed by atoms with Crippen molar-refractivity contribution in [1.29, 1.82) is 0 Å². The first-order chi connectivity index (χ1) is 10.5. The van der Waals surface area contributed by atoms with Crippen LogP contribution >= 0.6 is 0 Å². The molecule has 22 heavy (non-hydrogen) atoms. The molecule has 4 nitrogen and oxygen atoms in total. The van der Waals surface area contributed by atoms with Gasteiger partial charge in [0.2, 0.25) is 0 Å². The van der Waals surface area contributed by atoms with Gasteiger partial charge in [0.1, 0.15) is 0 Å². The standard InChI is InChI=1S/C16H13F2NO3/c1-22-16(21)14(10-6-3-2-4-7-10)19-15(20)11-8-5-9-12(17)13(11)18/h2-9,14H,1H3,(H,19,20)/t14-/m0/s1. The molecule has 1 atom stereocenters. The topological polar surface area (TPSA) is 55.4 Å². The number of amides is 1. The highest BCUT2D eigenvalue weighted by Crippen LogP contribution is 2.17. The maximum Gasteiger partial charge on any atom is 0.333 e. The van der Waals surface area contributed by atoms with Gasteiger partial charge in [0.05, 0.1) is 12.7 Å². The maximum absolute atomic E-state index is 13.6. The smallest absolute Gasteiger partial charge is 0.333 e. The third-order valence-electron chi connectivity index (χ3n) is 3.04. The van der Waals surface area contributed by atoms with E-state index in [0.717, 1.165) is 12.1 Å². The summed E-state index contributed by atoms with van der Waals surface area (Å²) in [6, 6.07) is 10.5. The molecule has 0 saturated heterocycles. The van der Waals surface area contributed by atoms with Crippen molar-refractivity contribution < 1.29 is 23.1 Å². The summed E-state index contributed by atoms with van der Waals surface area (Å²) in [5.74, 6) is -4.02. The molecule has 1 N–H and O–H groups in total. The van der Waals surface area contributed by atoms with Crippen LogP contribution in [-0.4, -0.2) is 19.0 Å². The zero-order valence-corrected chi connectivity index (χ0v) is 11.7. The fraction of sp³-hybridized carbons (Fsp3) is 0.125. The lowest BCUT2D eigenvalue weighted by Crippen LogP contribution is -2.35. The molecular weight excluding hydrogens is 292 g/mol. The average Bonchev–Trinajstić information content (AvgIpc) is 2.55. The Morgan fingerprint density at radius 3 is 2.36 bits per heavy atom. The maximum atomic E-state index is 13.6. The predicted octanol–water partition coefficient (Wildman–Crippen LogP) is 2.61. The molecule has 0 saturated carbocycles. The van der Waals surface area contributed by atoms with Gasteiger partial charge in [-0.25, -0.2) is 13.6 Å². The number of ether oxygens (including phenoxy) is 1. The summed E-state index contributed by atoms with van der Waals surface area (Å²) in [4.78, 5) is 23.9. The molecule has 1 amide bonds. The van der Waals surface area contributed by atoms with Gasteiger partial charge in [0.15, 0.2) is 17.7 Å². The zero-order chi connectivity index (χ0) is 16.1. The number of halogens is 2. The van der Waals surface area contributed by atoms with Crippen molar-refractivity contribution in [2.75, 3.05) is 7.11 Å². The quantitative estimate of drug-likeness (QED) is 0.883. The third-order valence-corrected chi connectivity index (χ3v) is 3.04. The van der Waals surface area contributed by atoms with Gasteiger partial charge in [0, 0.05) is 0 Å². The van der Waals surface area contributed by atoms with Crippen LogP contribution in [0.2, 0.25) is 0 Å². The summed E-state index contributed by atoms with van der Waals surface area (Å²) in [5, 5.41) is 2.35. The largest absolute Gasteiger partial charge is 0.467 e. The van der Waals surface area contributed by atoms with Crippen LogP contribution in [0.5, 0.6) is 0 Å². The van der Waals surface area contributed by atoms with E-state index in [4.69, 9.17) is 0 Å². The van der Waals surface area contributed by atoms with Crippen LogP contribution in [0.3, 0.4) is 0 Å². The van der Waals surface area contributed by atoms with E-state index >= 15 is 0 Å². The van der Waals surface area contributed by atoms with E-state index < -0.39 is 35.1 Å². The molecule has 0 heterocycles. The van der Waals surface area contributed by atoms with E-state index in [1.807, 2.05) is 0 Å². The van der Waals surface area contributed by atoms with E-state index in [2.05, 4.69) is 10.1 Å². The number of nitrogens with one attached hydrogen (secondary N) is 1. The minimum Gasteiger partial charge on any atom is -0.467 e. The molecule has 0 radical (unpaired) electrons. The number of benzene rings is 2. The number of rotatable bonds is 4. The highest BCUT2D eigenvalue weighted by atomic mass is 19.2. The molecule has 0 bridgehead atoms. The van der Waals surface area contributed by atoms with Crippen molar-refractivity contribution in [3.8, 4) is 0 Å². The molecule has 6 heteroatoms. The highest BCUT2D eigenvalue weighted by Gasteiger charge is 2.25. The van der Waals surface area contributed by atoms with Crippen molar-refractivity contribution in [2.24, 2.45) is 0 Å². The Morgan fingerprint density at radius 1 is 1.05 bits per heavy atom. The van der Waals surface area contributed by atoms with Gasteiger partial charge in [-0.1, -0.05) is 36.4 Å². The van der Waals surface area contributed by atoms with Crippen LogP contribution in [0, 0.1) is 11.6 Å². The minimum absolute atomic E-state index is 0.472. The Labute approximate surface area is 125 Å². The van der Waals surface area contributed by atoms with Gasteiger partial charge in [-0.2, -0.15) is 0 Å². The molecular formula is C16H13F2NO3. The second-order valence-corrected chi connectivity index (χ2v) is 4.44. The second-order valence-electron chi connectivity index (χ2n) is 4.44. The SMILES string of the molecule is COC(=O)[C@@H](NC(=O)c1cccc(F)c1F)c1ccccc1. The molecule has 0 fully saturated rings. The predicted molar refractivity (Wildman–Crippen MR) is 75.0 cm³/mol. The Morgan fingerprint density at radius 2 is 1.73 bits per heavy atom. The Balaban J connectivity index is 2.29. The van der Waals surface area contributed by atoms with E-state index in [-0.39, 0.29) is 0 Å². The average molecular weight is 305 g/mol. The third kappa shape index (κ3) is 3.28. The molecule has 0 aliphatic carbocycles. The van der Waals surface area contributed by atoms with Crippen molar-refractivity contribution >= 4 is 11.9 Å². The number of carbonyl (C=O) groups excluding carboxylic acids is 2. The van der Waals surface area contributed by atoms with Crippen molar-refractivity contribution in [3.05, 3.63) is 71.3 Å². The summed E-state index contributed by atoms with van der Waals surface area (Å²) in [5.41, 5.74) is -0.00987. The fourth-order valence-corrected chi connectivity index (χ4v) is 1.93. The zero-order valence-electron chi connectivity index (χ0n) is 11.7. The Bertz CT molecular complexity index is 689. The summed E-state index contributed by atoms with van der Waals surface area (Å²) >= 11 is 0. The lowest BCUT2D eigenvalue weighted by atomic mass is 10.1. The lowest BCUT2D eigenvalue weighted by Gasteiger charge is -2.17. The molecule has 2 rings (SSSR count). The van der Waals surface area contributed by atoms with Crippen LogP contribution in [-0.2, 0) is 9.53 Å². The van der Waals surface area contributed by atoms with E-state index in [0.29, 0.717) is 5.56 Å². The number of carbonyl (C=O) groups is 2. The number of hydrogen-bond acceptors (Lipinski definition) is 3. The molecule has 2 aromatic rings. The van der Waals surface area contributed by atoms with Crippen molar-refractivity contribution in [3.63, 3.8) is 0 Å². The summed E-state index contributed by atoms with van der Waals surface area (Å²) in [6.07, 6.45) is 0. The monoisotopic (exact) mass is 305 g/mol. The molecule has 0 aliphatic heterocycles. The van der Waals surface area contributed by atoms with Crippen LogP contribution in [0.1, 0.15) is 22.0 Å². The first kappa shape index (κ1) is 15.6. The van der Waals surface area contributed by atoms with Crippen molar-refractivity contribution in [1.82, 2.24) is 5.32 Å². The van der Waals surface area contributed by atoms with Gasteiger partial charge in [0.25, 0.3) is 5.91 Å². The molecule has 114 valence electrons. The molecule has 2 aromatic carbocycles. The summed E-state index contributed by atoms with van der Waals surface area (Å²) < 4.78 is 31.4. The van der Waals surface area contributed by atoms with Crippen LogP contribution in [0.15, 0.2) is 48.5 Å². The van der Waals surface area contributed by atoms with Crippen LogP contribution < -0.4 is 5.32 Å². The normalized spacial score (nSPS) is 11.6. The molecule has 0 aliphatic rings. The van der Waals surface area contributed by atoms with Gasteiger partial charge in [-0.3, -0.25) is 4.79 Å². The van der Waals surface area contributed by atoms with Gasteiger partial charge in [-0.05, 0) is 17.7 Å².